The van der Waals surface area contributed by atoms with Crippen LogP contribution < -0.4 is 4.90 Å². The molecule has 4 rings (SSSR count). The Hall–Kier alpha value is -2.74. The van der Waals surface area contributed by atoms with Gasteiger partial charge in [0.25, 0.3) is 0 Å². The molecule has 0 bridgehead atoms. The van der Waals surface area contributed by atoms with Crippen LogP contribution in [0.25, 0.3) is 0 Å². The maximum Gasteiger partial charge on any atom is 0.123 e. The fourth-order valence-corrected chi connectivity index (χ4v) is 6.20. The van der Waals surface area contributed by atoms with E-state index in [2.05, 4.69) is 43.9 Å². The second-order valence-corrected chi connectivity index (χ2v) is 15.1. The van der Waals surface area contributed by atoms with Crippen molar-refractivity contribution in [3.05, 3.63) is 89.5 Å². The molecule has 2 aromatic rings. The van der Waals surface area contributed by atoms with Crippen LogP contribution in [-0.2, 0) is 0 Å². The van der Waals surface area contributed by atoms with E-state index in [9.17, 15) is 29.2 Å². The van der Waals surface area contributed by atoms with Crippen molar-refractivity contribution in [1.29, 1.82) is 0 Å². The van der Waals surface area contributed by atoms with E-state index in [1.165, 1.54) is 74.8 Å². The third-order valence-electron chi connectivity index (χ3n) is 9.94. The van der Waals surface area contributed by atoms with Crippen LogP contribution in [0, 0.1) is 17.6 Å². The molecule has 0 saturated carbocycles. The summed E-state index contributed by atoms with van der Waals surface area (Å²) in [5.74, 6) is 0.0354. The van der Waals surface area contributed by atoms with Crippen LogP contribution in [0.1, 0.15) is 130 Å². The molecule has 1 aliphatic carbocycles. The third-order valence-corrected chi connectivity index (χ3v) is 9.94. The van der Waals surface area contributed by atoms with E-state index in [1.807, 2.05) is 25.8 Å². The van der Waals surface area contributed by atoms with Crippen molar-refractivity contribution in [2.24, 2.45) is 5.92 Å². The van der Waals surface area contributed by atoms with Crippen molar-refractivity contribution in [3.63, 3.8) is 0 Å². The Kier molecular flexibility index (Phi) is 33.4. The molecule has 1 saturated heterocycles. The number of nitrogens with zero attached hydrogens (tertiary/aromatic N) is 2. The summed E-state index contributed by atoms with van der Waals surface area (Å²) < 4.78 is 25.7. The van der Waals surface area contributed by atoms with E-state index >= 15 is 0 Å². The fraction of sp³-hybridized carbons (Fsp3) is 0.660. The molecule has 9 nitrogen and oxygen atoms in total. The number of halogens is 2. The minimum atomic E-state index is -1.55. The van der Waals surface area contributed by atoms with Gasteiger partial charge < -0.3 is 45.5 Å². The van der Waals surface area contributed by atoms with Gasteiger partial charge in [0, 0.05) is 31.9 Å². The van der Waals surface area contributed by atoms with Crippen molar-refractivity contribution in [2.75, 3.05) is 51.3 Å². The van der Waals surface area contributed by atoms with E-state index in [-0.39, 0.29) is 18.2 Å². The first-order valence-corrected chi connectivity index (χ1v) is 21.7. The number of hydrogen-bond acceptors (Lipinski definition) is 9. The van der Waals surface area contributed by atoms with Gasteiger partial charge in [-0.15, -0.1) is 0 Å². The summed E-state index contributed by atoms with van der Waals surface area (Å²) in [5.41, 5.74) is 3.31. The van der Waals surface area contributed by atoms with Gasteiger partial charge in [0.1, 0.15) is 29.9 Å². The molecule has 2 aliphatic rings. The van der Waals surface area contributed by atoms with Gasteiger partial charge in [-0.2, -0.15) is 0 Å². The smallest absolute Gasteiger partial charge is 0.123 e. The normalized spacial score (nSPS) is 16.2. The van der Waals surface area contributed by atoms with Crippen LogP contribution in [0.4, 0.5) is 14.5 Å². The fourth-order valence-electron chi connectivity index (χ4n) is 6.20. The number of aliphatic hydroxyl groups is 7. The maximum atomic E-state index is 12.9. The van der Waals surface area contributed by atoms with Gasteiger partial charge >= 0.3 is 0 Å². The summed E-state index contributed by atoms with van der Waals surface area (Å²) >= 11 is 0. The van der Waals surface area contributed by atoms with Crippen LogP contribution in [0.2, 0.25) is 0 Å². The average molecular weight is 823 g/mol. The Bertz CT molecular complexity index is 1290. The van der Waals surface area contributed by atoms with Gasteiger partial charge in [-0.3, -0.25) is 0 Å². The van der Waals surface area contributed by atoms with E-state index in [0.29, 0.717) is 18.9 Å². The summed E-state index contributed by atoms with van der Waals surface area (Å²) in [7, 11) is 1.82. The lowest BCUT2D eigenvalue weighted by Gasteiger charge is -2.41. The SMILES string of the molecule is CC.CC1=CC=CCCC1.CCCCCCCO.CCCCCN(C)CC(O)C(O)C(O)C(O)CO.OC(CCC1CN(c2ccc(F)cc2)C1)c1ccc(F)cc1. The lowest BCUT2D eigenvalue weighted by atomic mass is 9.91. The largest absolute Gasteiger partial charge is 0.396 e. The number of benzene rings is 2. The number of hydrogen-bond donors (Lipinski definition) is 7. The molecule has 0 amide bonds. The number of aliphatic hydroxyl groups excluding tert-OH is 7. The highest BCUT2D eigenvalue weighted by Gasteiger charge is 2.30. The van der Waals surface area contributed by atoms with Crippen LogP contribution in [0.15, 0.2) is 72.3 Å². The lowest BCUT2D eigenvalue weighted by Crippen LogP contribution is -2.49. The Morgan fingerprint density at radius 2 is 1.31 bits per heavy atom. The zero-order chi connectivity index (χ0) is 43.7. The number of allylic oxidation sites excluding steroid dienone is 4. The van der Waals surface area contributed by atoms with Crippen LogP contribution >= 0.6 is 0 Å². The van der Waals surface area contributed by atoms with Gasteiger partial charge in [0.05, 0.1) is 18.8 Å². The lowest BCUT2D eigenvalue weighted by molar-refractivity contribution is -0.118. The summed E-state index contributed by atoms with van der Waals surface area (Å²) in [6, 6.07) is 12.5. The highest BCUT2D eigenvalue weighted by Crippen LogP contribution is 2.30. The molecule has 1 fully saturated rings. The minimum absolute atomic E-state index is 0.208. The van der Waals surface area contributed by atoms with Gasteiger partial charge in [0.2, 0.25) is 0 Å². The molecule has 58 heavy (non-hydrogen) atoms. The van der Waals surface area contributed by atoms with Crippen LogP contribution in [0.5, 0.6) is 0 Å². The number of unbranched alkanes of at least 4 members (excludes halogenated alkanes) is 6. The van der Waals surface area contributed by atoms with Gasteiger partial charge in [-0.25, -0.2) is 8.78 Å². The van der Waals surface area contributed by atoms with Gasteiger partial charge in [-0.05, 0) is 113 Å². The molecule has 2 aromatic carbocycles. The van der Waals surface area contributed by atoms with Gasteiger partial charge in [0.15, 0.2) is 0 Å². The number of likely N-dealkylation sites (N-methyl/N-ethyl adjacent to an activating group) is 1. The highest BCUT2D eigenvalue weighted by molar-refractivity contribution is 5.48. The number of rotatable bonds is 20. The molecule has 1 aliphatic heterocycles. The topological polar surface area (TPSA) is 148 Å². The maximum absolute atomic E-state index is 12.9. The molecule has 0 aromatic heterocycles. The molecule has 0 spiro atoms. The van der Waals surface area contributed by atoms with Crippen molar-refractivity contribution in [2.45, 2.75) is 149 Å². The molecular weight excluding hydrogens is 743 g/mol. The quantitative estimate of drug-likeness (QED) is 0.0659. The second kappa shape index (κ2) is 35.1. The molecule has 334 valence electrons. The van der Waals surface area contributed by atoms with E-state index in [4.69, 9.17) is 15.3 Å². The Morgan fingerprint density at radius 3 is 1.88 bits per heavy atom. The molecule has 11 heteroatoms. The molecule has 7 N–H and O–H groups in total. The standard InChI is InChI=1S/C18H19F2NO.C12H27NO5.C8H12.C7H16O.C2H6/c19-15-4-2-14(3-5-15)18(22)10-1-13-11-21(12-13)17-8-6-16(20)7-9-17;1-3-4-5-6-13(2)7-9(15)11(17)12(18)10(16)8-14;1-8-6-4-2-3-5-7-8;1-2-3-4-5-6-7-8;1-2/h2-9,13,18,22H,1,10-12H2;9-12,14-18H,3-8H2,1-2H3;2,4,6H,3,5,7H2,1H3;8H,2-7H2,1H3;1-2H3. The Balaban J connectivity index is 0.000000803. The summed E-state index contributed by atoms with van der Waals surface area (Å²) in [4.78, 5) is 4.07. The Morgan fingerprint density at radius 1 is 0.759 bits per heavy atom. The summed E-state index contributed by atoms with van der Waals surface area (Å²) in [6.45, 7) is 13.1. The van der Waals surface area contributed by atoms with Crippen molar-refractivity contribution >= 4 is 5.69 Å². The Labute approximate surface area is 349 Å². The molecule has 0 radical (unpaired) electrons. The van der Waals surface area contributed by atoms with Crippen molar-refractivity contribution < 1.29 is 44.5 Å². The summed E-state index contributed by atoms with van der Waals surface area (Å²) in [6.07, 6.45) is 15.2. The number of anilines is 1. The first-order valence-electron chi connectivity index (χ1n) is 21.7. The zero-order valence-electron chi connectivity index (χ0n) is 36.5. The predicted octanol–water partition coefficient (Wildman–Crippen LogP) is 8.11. The van der Waals surface area contributed by atoms with E-state index < -0.39 is 37.1 Å². The molecule has 5 atom stereocenters. The first-order chi connectivity index (χ1) is 27.9. The van der Waals surface area contributed by atoms with Crippen LogP contribution in [0.3, 0.4) is 0 Å². The van der Waals surface area contributed by atoms with Crippen LogP contribution in [-0.4, -0.2) is 112 Å². The predicted molar refractivity (Wildman–Crippen MR) is 235 cm³/mol. The minimum Gasteiger partial charge on any atom is -0.396 e. The monoisotopic (exact) mass is 823 g/mol. The summed E-state index contributed by atoms with van der Waals surface area (Å²) in [5, 5.41) is 65.1. The van der Waals surface area contributed by atoms with E-state index in [0.717, 1.165) is 63.0 Å². The average Bonchev–Trinajstić information content (AvgIpc) is 3.47. The van der Waals surface area contributed by atoms with Crippen molar-refractivity contribution in [3.8, 4) is 0 Å². The first kappa shape index (κ1) is 55.3. The zero-order valence-corrected chi connectivity index (χ0v) is 36.5. The van der Waals surface area contributed by atoms with Crippen molar-refractivity contribution in [1.82, 2.24) is 4.90 Å². The molecular formula is C47H80F2N2O7. The van der Waals surface area contributed by atoms with Gasteiger partial charge in [-0.1, -0.05) is 102 Å². The highest BCUT2D eigenvalue weighted by atomic mass is 19.1. The third kappa shape index (κ3) is 25.7. The van der Waals surface area contributed by atoms with E-state index in [1.54, 1.807) is 24.3 Å². The molecule has 1 heterocycles. The second-order valence-electron chi connectivity index (χ2n) is 15.1. The molecule has 5 unspecified atom stereocenters.